The molecule has 1 aromatic heterocycles. The van der Waals surface area contributed by atoms with Crippen molar-refractivity contribution < 1.29 is 13.2 Å². The number of anilines is 1. The molecule has 0 saturated carbocycles. The molecule has 2 N–H and O–H groups in total. The average Bonchev–Trinajstić information content (AvgIpc) is 2.31. The normalized spacial score (nSPS) is 11.6. The van der Waals surface area contributed by atoms with Crippen molar-refractivity contribution in [2.75, 3.05) is 5.73 Å². The molecule has 94 valence electrons. The molecule has 2 aromatic rings. The summed E-state index contributed by atoms with van der Waals surface area (Å²) in [6.07, 6.45) is -2.97. The van der Waals surface area contributed by atoms with E-state index in [1.807, 2.05) is 0 Å². The number of nitrogens with two attached hydrogens (primary N) is 1. The van der Waals surface area contributed by atoms with Gasteiger partial charge >= 0.3 is 6.18 Å². The predicted octanol–water partition coefficient (Wildman–Crippen LogP) is 4.00. The van der Waals surface area contributed by atoms with Crippen LogP contribution in [0.2, 0.25) is 5.02 Å². The van der Waals surface area contributed by atoms with Gasteiger partial charge < -0.3 is 5.73 Å². The molecule has 0 saturated heterocycles. The highest BCUT2D eigenvalue weighted by Gasteiger charge is 2.30. The van der Waals surface area contributed by atoms with E-state index in [0.717, 1.165) is 12.1 Å². The summed E-state index contributed by atoms with van der Waals surface area (Å²) in [4.78, 5) is 3.85. The van der Waals surface area contributed by atoms with Crippen LogP contribution in [0.1, 0.15) is 5.56 Å². The molecule has 18 heavy (non-hydrogen) atoms. The van der Waals surface area contributed by atoms with Crippen LogP contribution in [-0.2, 0) is 6.18 Å². The third-order valence-electron chi connectivity index (χ3n) is 2.41. The molecule has 0 aliphatic carbocycles. The SMILES string of the molecule is Nc1ncc(Cl)cc1-c1ccc(C(F)(F)F)cc1. The highest BCUT2D eigenvalue weighted by atomic mass is 35.5. The number of hydrogen-bond acceptors (Lipinski definition) is 2. The zero-order valence-electron chi connectivity index (χ0n) is 9.00. The van der Waals surface area contributed by atoms with Gasteiger partial charge in [-0.25, -0.2) is 4.98 Å². The van der Waals surface area contributed by atoms with Gasteiger partial charge in [0.2, 0.25) is 0 Å². The molecular weight excluding hydrogens is 265 g/mol. The third-order valence-corrected chi connectivity index (χ3v) is 2.62. The standard InChI is InChI=1S/C12H8ClF3N2/c13-9-5-10(11(17)18-6-9)7-1-3-8(4-2-7)12(14,15)16/h1-6H,(H2,17,18). The molecule has 6 heteroatoms. The first-order chi connectivity index (χ1) is 8.38. The van der Waals surface area contributed by atoms with E-state index in [4.69, 9.17) is 17.3 Å². The quantitative estimate of drug-likeness (QED) is 0.852. The van der Waals surface area contributed by atoms with Gasteiger partial charge in [-0.1, -0.05) is 23.7 Å². The Labute approximate surface area is 106 Å². The van der Waals surface area contributed by atoms with Gasteiger partial charge in [0.1, 0.15) is 5.82 Å². The topological polar surface area (TPSA) is 38.9 Å². The highest BCUT2D eigenvalue weighted by molar-refractivity contribution is 6.30. The van der Waals surface area contributed by atoms with E-state index in [2.05, 4.69) is 4.98 Å². The Bertz CT molecular complexity index is 565. The Morgan fingerprint density at radius 3 is 2.28 bits per heavy atom. The van der Waals surface area contributed by atoms with Crippen molar-refractivity contribution in [2.24, 2.45) is 0 Å². The Balaban J connectivity index is 2.43. The number of alkyl halides is 3. The number of rotatable bonds is 1. The zero-order valence-corrected chi connectivity index (χ0v) is 9.76. The fourth-order valence-corrected chi connectivity index (χ4v) is 1.68. The van der Waals surface area contributed by atoms with Crippen LogP contribution < -0.4 is 5.73 Å². The summed E-state index contributed by atoms with van der Waals surface area (Å²) >= 11 is 5.77. The second-order valence-corrected chi connectivity index (χ2v) is 4.10. The van der Waals surface area contributed by atoms with Crippen molar-refractivity contribution in [3.63, 3.8) is 0 Å². The van der Waals surface area contributed by atoms with Crippen LogP contribution in [0.4, 0.5) is 19.0 Å². The molecule has 0 atom stereocenters. The summed E-state index contributed by atoms with van der Waals surface area (Å²) in [5, 5.41) is 0.374. The van der Waals surface area contributed by atoms with Crippen LogP contribution in [0.3, 0.4) is 0 Å². The molecule has 1 heterocycles. The van der Waals surface area contributed by atoms with Crippen LogP contribution in [0.5, 0.6) is 0 Å². The maximum atomic E-state index is 12.4. The van der Waals surface area contributed by atoms with Crippen molar-refractivity contribution in [3.8, 4) is 11.1 Å². The molecule has 0 aliphatic heterocycles. The molecule has 0 aliphatic rings. The van der Waals surface area contributed by atoms with E-state index in [0.29, 0.717) is 16.1 Å². The molecule has 2 nitrogen and oxygen atoms in total. The Morgan fingerprint density at radius 1 is 1.11 bits per heavy atom. The minimum absolute atomic E-state index is 0.221. The summed E-state index contributed by atoms with van der Waals surface area (Å²) in [6.45, 7) is 0. The van der Waals surface area contributed by atoms with E-state index in [1.54, 1.807) is 6.07 Å². The molecular formula is C12H8ClF3N2. The van der Waals surface area contributed by atoms with Crippen LogP contribution in [0, 0.1) is 0 Å². The van der Waals surface area contributed by atoms with Crippen molar-refractivity contribution >= 4 is 17.4 Å². The Morgan fingerprint density at radius 2 is 1.72 bits per heavy atom. The molecule has 0 bridgehead atoms. The number of aromatic nitrogens is 1. The molecule has 0 amide bonds. The lowest BCUT2D eigenvalue weighted by Crippen LogP contribution is -2.04. The summed E-state index contributed by atoms with van der Waals surface area (Å²) in [6, 6.07) is 6.23. The first-order valence-corrected chi connectivity index (χ1v) is 5.34. The van der Waals surface area contributed by atoms with Crippen molar-refractivity contribution in [1.29, 1.82) is 0 Å². The first kappa shape index (κ1) is 12.7. The van der Waals surface area contributed by atoms with Gasteiger partial charge in [0.05, 0.1) is 10.6 Å². The first-order valence-electron chi connectivity index (χ1n) is 4.96. The molecule has 0 radical (unpaired) electrons. The minimum Gasteiger partial charge on any atom is -0.383 e. The monoisotopic (exact) mass is 272 g/mol. The molecule has 1 aromatic carbocycles. The third kappa shape index (κ3) is 2.56. The maximum Gasteiger partial charge on any atom is 0.416 e. The average molecular weight is 273 g/mol. The summed E-state index contributed by atoms with van der Waals surface area (Å²) in [5.74, 6) is 0.221. The van der Waals surface area contributed by atoms with Crippen molar-refractivity contribution in [1.82, 2.24) is 4.98 Å². The molecule has 0 fully saturated rings. The fraction of sp³-hybridized carbons (Fsp3) is 0.0833. The van der Waals surface area contributed by atoms with Gasteiger partial charge in [0.15, 0.2) is 0 Å². The van der Waals surface area contributed by atoms with Crippen LogP contribution >= 0.6 is 11.6 Å². The minimum atomic E-state index is -4.35. The second-order valence-electron chi connectivity index (χ2n) is 3.66. The number of nitrogens with zero attached hydrogens (tertiary/aromatic N) is 1. The number of benzene rings is 1. The van der Waals surface area contributed by atoms with E-state index in [9.17, 15) is 13.2 Å². The zero-order chi connectivity index (χ0) is 13.3. The largest absolute Gasteiger partial charge is 0.416 e. The maximum absolute atomic E-state index is 12.4. The Kier molecular flexibility index (Phi) is 3.17. The van der Waals surface area contributed by atoms with Gasteiger partial charge in [0.25, 0.3) is 0 Å². The number of nitrogen functional groups attached to an aromatic ring is 1. The van der Waals surface area contributed by atoms with Gasteiger partial charge in [-0.05, 0) is 23.8 Å². The lowest BCUT2D eigenvalue weighted by molar-refractivity contribution is -0.137. The van der Waals surface area contributed by atoms with Gasteiger partial charge in [-0.3, -0.25) is 0 Å². The smallest absolute Gasteiger partial charge is 0.383 e. The molecule has 0 unspecified atom stereocenters. The van der Waals surface area contributed by atoms with Gasteiger partial charge in [-0.15, -0.1) is 0 Å². The summed E-state index contributed by atoms with van der Waals surface area (Å²) in [7, 11) is 0. The molecule has 2 rings (SSSR count). The predicted molar refractivity (Wildman–Crippen MR) is 64.1 cm³/mol. The van der Waals surface area contributed by atoms with Crippen LogP contribution in [0.25, 0.3) is 11.1 Å². The number of hydrogen-bond donors (Lipinski definition) is 1. The lowest BCUT2D eigenvalue weighted by Gasteiger charge is -2.09. The van der Waals surface area contributed by atoms with Crippen molar-refractivity contribution in [3.05, 3.63) is 47.1 Å². The lowest BCUT2D eigenvalue weighted by atomic mass is 10.0. The van der Waals surface area contributed by atoms with E-state index < -0.39 is 11.7 Å². The van der Waals surface area contributed by atoms with Crippen LogP contribution in [-0.4, -0.2) is 4.98 Å². The van der Waals surface area contributed by atoms with Gasteiger partial charge in [-0.2, -0.15) is 13.2 Å². The summed E-state index contributed by atoms with van der Waals surface area (Å²) in [5.41, 5.74) is 5.99. The van der Waals surface area contributed by atoms with E-state index in [1.165, 1.54) is 18.3 Å². The number of halogens is 4. The summed E-state index contributed by atoms with van der Waals surface area (Å²) < 4.78 is 37.2. The molecule has 0 spiro atoms. The van der Waals surface area contributed by atoms with E-state index in [-0.39, 0.29) is 5.82 Å². The fourth-order valence-electron chi connectivity index (χ4n) is 1.52. The van der Waals surface area contributed by atoms with Crippen molar-refractivity contribution in [2.45, 2.75) is 6.18 Å². The van der Waals surface area contributed by atoms with E-state index >= 15 is 0 Å². The van der Waals surface area contributed by atoms with Gasteiger partial charge in [0, 0.05) is 11.8 Å². The van der Waals surface area contributed by atoms with Crippen LogP contribution in [0.15, 0.2) is 36.5 Å². The second kappa shape index (κ2) is 4.49. The number of pyridine rings is 1. The highest BCUT2D eigenvalue weighted by Crippen LogP contribution is 2.32. The Hall–Kier alpha value is -1.75.